The Balaban J connectivity index is 1.98. The van der Waals surface area contributed by atoms with Crippen LogP contribution in [0, 0.1) is 6.92 Å². The van der Waals surface area contributed by atoms with Crippen LogP contribution in [0.4, 0.5) is 5.95 Å². The van der Waals surface area contributed by atoms with E-state index in [9.17, 15) is 9.90 Å². The first-order valence-corrected chi connectivity index (χ1v) is 8.21. The number of anilines is 1. The molecule has 1 aliphatic carbocycles. The van der Waals surface area contributed by atoms with Gasteiger partial charge in [-0.1, -0.05) is 12.8 Å². The number of aromatic nitrogens is 3. The van der Waals surface area contributed by atoms with Crippen molar-refractivity contribution < 1.29 is 9.90 Å². The monoisotopic (exact) mass is 316 g/mol. The lowest BCUT2D eigenvalue weighted by Gasteiger charge is -2.18. The summed E-state index contributed by atoms with van der Waals surface area (Å²) in [6.07, 6.45) is 4.57. The molecule has 0 saturated heterocycles. The normalized spacial score (nSPS) is 16.2. The van der Waals surface area contributed by atoms with Gasteiger partial charge in [-0.25, -0.2) is 9.97 Å². The van der Waals surface area contributed by atoms with Crippen molar-refractivity contribution in [2.75, 3.05) is 5.32 Å². The van der Waals surface area contributed by atoms with Gasteiger partial charge in [-0.05, 0) is 45.7 Å². The zero-order chi connectivity index (χ0) is 16.6. The van der Waals surface area contributed by atoms with Gasteiger partial charge in [0.15, 0.2) is 5.65 Å². The first-order chi connectivity index (χ1) is 10.8. The Hall–Kier alpha value is -1.95. The standard InChI is InChI=1S/C17H24N4O2/c1-11-8-9-13-15(18-11)21(12-6-4-5-7-12)16(19-13)20-14(22)10-17(2,3)23/h8-9,12,23H,4-7,10H2,1-3H3,(H,19,20,22). The number of aryl methyl sites for hydroxylation is 1. The van der Waals surface area contributed by atoms with Gasteiger partial charge in [0.2, 0.25) is 11.9 Å². The first-order valence-electron chi connectivity index (χ1n) is 8.21. The van der Waals surface area contributed by atoms with E-state index in [1.165, 1.54) is 12.8 Å². The molecule has 1 aliphatic rings. The number of amides is 1. The van der Waals surface area contributed by atoms with Crippen molar-refractivity contribution in [1.29, 1.82) is 0 Å². The molecule has 2 N–H and O–H groups in total. The van der Waals surface area contributed by atoms with Gasteiger partial charge in [-0.2, -0.15) is 0 Å². The Kier molecular flexibility index (Phi) is 4.10. The van der Waals surface area contributed by atoms with Crippen molar-refractivity contribution in [2.45, 2.75) is 64.5 Å². The lowest BCUT2D eigenvalue weighted by molar-refractivity contribution is -0.119. The van der Waals surface area contributed by atoms with Gasteiger partial charge in [-0.3, -0.25) is 14.7 Å². The number of imidazole rings is 1. The summed E-state index contributed by atoms with van der Waals surface area (Å²) in [5, 5.41) is 12.7. The number of hydrogen-bond donors (Lipinski definition) is 2. The first kappa shape index (κ1) is 15.9. The minimum absolute atomic E-state index is 0.0350. The minimum atomic E-state index is -1.04. The summed E-state index contributed by atoms with van der Waals surface area (Å²) in [5.41, 5.74) is 1.52. The molecule has 124 valence electrons. The molecule has 2 heterocycles. The van der Waals surface area contributed by atoms with Crippen LogP contribution in [0.15, 0.2) is 12.1 Å². The van der Waals surface area contributed by atoms with Crippen molar-refractivity contribution in [3.05, 3.63) is 17.8 Å². The van der Waals surface area contributed by atoms with E-state index < -0.39 is 5.60 Å². The van der Waals surface area contributed by atoms with Gasteiger partial charge in [0.25, 0.3) is 0 Å². The second-order valence-electron chi connectivity index (χ2n) is 7.08. The van der Waals surface area contributed by atoms with E-state index in [-0.39, 0.29) is 12.3 Å². The summed E-state index contributed by atoms with van der Waals surface area (Å²) in [6, 6.07) is 4.19. The van der Waals surface area contributed by atoms with E-state index >= 15 is 0 Å². The Labute approximate surface area is 135 Å². The Morgan fingerprint density at radius 2 is 2.04 bits per heavy atom. The summed E-state index contributed by atoms with van der Waals surface area (Å²) in [6.45, 7) is 5.20. The van der Waals surface area contributed by atoms with Crippen LogP contribution in [0.3, 0.4) is 0 Å². The lowest BCUT2D eigenvalue weighted by atomic mass is 10.1. The third kappa shape index (κ3) is 3.52. The van der Waals surface area contributed by atoms with Crippen LogP contribution in [0.2, 0.25) is 0 Å². The topological polar surface area (TPSA) is 80.0 Å². The zero-order valence-electron chi connectivity index (χ0n) is 14.0. The summed E-state index contributed by atoms with van der Waals surface area (Å²) >= 11 is 0. The van der Waals surface area contributed by atoms with E-state index in [1.54, 1.807) is 13.8 Å². The predicted molar refractivity (Wildman–Crippen MR) is 89.3 cm³/mol. The SMILES string of the molecule is Cc1ccc2nc(NC(=O)CC(C)(C)O)n(C3CCCC3)c2n1. The molecule has 0 aliphatic heterocycles. The number of rotatable bonds is 4. The molecule has 6 heteroatoms. The Bertz CT molecular complexity index is 724. The van der Waals surface area contributed by atoms with E-state index in [4.69, 9.17) is 0 Å². The van der Waals surface area contributed by atoms with Gasteiger partial charge in [0, 0.05) is 11.7 Å². The third-order valence-corrected chi connectivity index (χ3v) is 4.21. The maximum Gasteiger partial charge on any atom is 0.229 e. The largest absolute Gasteiger partial charge is 0.390 e. The summed E-state index contributed by atoms with van der Waals surface area (Å²) in [4.78, 5) is 21.4. The molecule has 1 saturated carbocycles. The van der Waals surface area contributed by atoms with Crippen LogP contribution in [-0.4, -0.2) is 31.1 Å². The molecular weight excluding hydrogens is 292 g/mol. The van der Waals surface area contributed by atoms with E-state index in [2.05, 4.69) is 19.9 Å². The zero-order valence-corrected chi connectivity index (χ0v) is 14.0. The molecule has 2 aromatic rings. The van der Waals surface area contributed by atoms with Gasteiger partial charge in [-0.15, -0.1) is 0 Å². The maximum atomic E-state index is 12.2. The highest BCUT2D eigenvalue weighted by molar-refractivity contribution is 5.91. The third-order valence-electron chi connectivity index (χ3n) is 4.21. The molecule has 0 unspecified atom stereocenters. The van der Waals surface area contributed by atoms with Crippen molar-refractivity contribution in [3.63, 3.8) is 0 Å². The van der Waals surface area contributed by atoms with E-state index in [0.29, 0.717) is 12.0 Å². The number of nitrogens with one attached hydrogen (secondary N) is 1. The highest BCUT2D eigenvalue weighted by Crippen LogP contribution is 2.34. The van der Waals surface area contributed by atoms with Crippen molar-refractivity contribution in [3.8, 4) is 0 Å². The smallest absolute Gasteiger partial charge is 0.229 e. The van der Waals surface area contributed by atoms with Crippen LogP contribution in [0.25, 0.3) is 11.2 Å². The molecule has 0 bridgehead atoms. The number of aliphatic hydroxyl groups is 1. The molecule has 1 fully saturated rings. The highest BCUT2D eigenvalue weighted by Gasteiger charge is 2.25. The number of carbonyl (C=O) groups is 1. The van der Waals surface area contributed by atoms with Gasteiger partial charge in [0.1, 0.15) is 5.52 Å². The minimum Gasteiger partial charge on any atom is -0.390 e. The number of carbonyl (C=O) groups excluding carboxylic acids is 1. The Morgan fingerprint density at radius 1 is 1.35 bits per heavy atom. The van der Waals surface area contributed by atoms with Crippen LogP contribution < -0.4 is 5.32 Å². The van der Waals surface area contributed by atoms with Gasteiger partial charge in [0.05, 0.1) is 12.0 Å². The summed E-state index contributed by atoms with van der Waals surface area (Å²) in [7, 11) is 0. The highest BCUT2D eigenvalue weighted by atomic mass is 16.3. The van der Waals surface area contributed by atoms with Crippen LogP contribution in [0.1, 0.15) is 57.7 Å². The fourth-order valence-corrected chi connectivity index (χ4v) is 3.23. The summed E-state index contributed by atoms with van der Waals surface area (Å²) in [5.74, 6) is 0.308. The average Bonchev–Trinajstić information content (AvgIpc) is 3.02. The van der Waals surface area contributed by atoms with Gasteiger partial charge >= 0.3 is 0 Å². The Morgan fingerprint density at radius 3 is 2.70 bits per heavy atom. The molecule has 1 amide bonds. The molecule has 0 aromatic carbocycles. The van der Waals surface area contributed by atoms with Crippen LogP contribution in [-0.2, 0) is 4.79 Å². The fraction of sp³-hybridized carbons (Fsp3) is 0.588. The number of pyridine rings is 1. The van der Waals surface area contributed by atoms with Crippen molar-refractivity contribution in [1.82, 2.24) is 14.5 Å². The fourth-order valence-electron chi connectivity index (χ4n) is 3.23. The van der Waals surface area contributed by atoms with Crippen LogP contribution >= 0.6 is 0 Å². The molecule has 0 radical (unpaired) electrons. The molecule has 0 spiro atoms. The number of fused-ring (bicyclic) bond motifs is 1. The quantitative estimate of drug-likeness (QED) is 0.909. The molecule has 6 nitrogen and oxygen atoms in total. The maximum absolute atomic E-state index is 12.2. The molecule has 23 heavy (non-hydrogen) atoms. The second kappa shape index (κ2) is 5.92. The van der Waals surface area contributed by atoms with Crippen molar-refractivity contribution in [2.24, 2.45) is 0 Å². The molecule has 3 rings (SSSR count). The average molecular weight is 316 g/mol. The predicted octanol–water partition coefficient (Wildman–Crippen LogP) is 2.95. The van der Waals surface area contributed by atoms with Gasteiger partial charge < -0.3 is 5.11 Å². The number of nitrogens with zero attached hydrogens (tertiary/aromatic N) is 3. The van der Waals surface area contributed by atoms with Crippen LogP contribution in [0.5, 0.6) is 0 Å². The second-order valence-corrected chi connectivity index (χ2v) is 7.08. The molecule has 0 atom stereocenters. The van der Waals surface area contributed by atoms with E-state index in [0.717, 1.165) is 29.7 Å². The number of hydrogen-bond acceptors (Lipinski definition) is 4. The van der Waals surface area contributed by atoms with Crippen molar-refractivity contribution >= 4 is 23.0 Å². The molecular formula is C17H24N4O2. The summed E-state index contributed by atoms with van der Waals surface area (Å²) < 4.78 is 2.07. The lowest BCUT2D eigenvalue weighted by Crippen LogP contribution is -2.28. The van der Waals surface area contributed by atoms with E-state index in [1.807, 2.05) is 19.1 Å². The molecule has 2 aromatic heterocycles.